The van der Waals surface area contributed by atoms with Crippen LogP contribution in [0.5, 0.6) is 0 Å². The van der Waals surface area contributed by atoms with E-state index in [4.69, 9.17) is 0 Å². The van der Waals surface area contributed by atoms with E-state index in [1.54, 1.807) is 6.20 Å². The van der Waals surface area contributed by atoms with E-state index >= 15 is 0 Å². The topological polar surface area (TPSA) is 106 Å². The molecule has 0 saturated carbocycles. The Bertz CT molecular complexity index is 1020. The second-order valence-corrected chi connectivity index (χ2v) is 4.71. The summed E-state index contributed by atoms with van der Waals surface area (Å²) in [4.78, 5) is 15.5. The number of hydrogen-bond acceptors (Lipinski definition) is 7. The van der Waals surface area contributed by atoms with Crippen LogP contribution in [0.25, 0.3) is 33.8 Å². The lowest BCUT2D eigenvalue weighted by molar-refractivity contribution is -0.159. The molecule has 0 saturated heterocycles. The molecule has 0 unspecified atom stereocenters. The van der Waals surface area contributed by atoms with E-state index in [9.17, 15) is 13.2 Å². The molecule has 0 radical (unpaired) electrons. The molecule has 0 atom stereocenters. The summed E-state index contributed by atoms with van der Waals surface area (Å²) in [5, 5.41) is 10.2. The van der Waals surface area contributed by atoms with Crippen LogP contribution in [0.1, 0.15) is 5.89 Å². The number of rotatable bonds is 2. The Morgan fingerprint density at radius 2 is 2.04 bits per heavy atom. The minimum Gasteiger partial charge on any atom is -0.329 e. The summed E-state index contributed by atoms with van der Waals surface area (Å²) in [7, 11) is 0. The van der Waals surface area contributed by atoms with Crippen molar-refractivity contribution < 1.29 is 17.7 Å². The zero-order chi connectivity index (χ0) is 16.7. The fraction of sp³-hybridized carbons (Fsp3) is 0.0769. The van der Waals surface area contributed by atoms with Gasteiger partial charge in [0.15, 0.2) is 0 Å². The summed E-state index contributed by atoms with van der Waals surface area (Å²) in [6.45, 7) is 0. The average Bonchev–Trinajstić information content (AvgIpc) is 3.22. The third kappa shape index (κ3) is 2.35. The highest BCUT2D eigenvalue weighted by atomic mass is 19.4. The van der Waals surface area contributed by atoms with Gasteiger partial charge < -0.3 is 4.52 Å². The standard InChI is InChI=1S/C13H6F3N7O/c14-13(15,16)12-20-11(23-24-12)6-1-2-18-7(3-6)10-9-8(21-22-10)4-17-5-19-9/h1-5H,(H,21,22). The second-order valence-electron chi connectivity index (χ2n) is 4.71. The third-order valence-electron chi connectivity index (χ3n) is 3.15. The number of hydrogen-bond donors (Lipinski definition) is 1. The Morgan fingerprint density at radius 3 is 2.83 bits per heavy atom. The predicted molar refractivity (Wildman–Crippen MR) is 73.2 cm³/mol. The predicted octanol–water partition coefficient (Wildman–Crippen LogP) is 2.48. The smallest absolute Gasteiger partial charge is 0.329 e. The van der Waals surface area contributed by atoms with Crippen LogP contribution in [0.3, 0.4) is 0 Å². The van der Waals surface area contributed by atoms with Gasteiger partial charge in [0.05, 0.1) is 11.9 Å². The minimum atomic E-state index is -4.70. The van der Waals surface area contributed by atoms with Gasteiger partial charge in [-0.15, -0.1) is 0 Å². The normalized spacial score (nSPS) is 12.0. The van der Waals surface area contributed by atoms with E-state index in [1.807, 2.05) is 0 Å². The van der Waals surface area contributed by atoms with Crippen molar-refractivity contribution in [3.63, 3.8) is 0 Å². The van der Waals surface area contributed by atoms with E-state index in [0.29, 0.717) is 28.0 Å². The molecular formula is C13H6F3N7O. The van der Waals surface area contributed by atoms with E-state index in [1.165, 1.54) is 24.7 Å². The quantitative estimate of drug-likeness (QED) is 0.600. The first-order valence-electron chi connectivity index (χ1n) is 6.54. The van der Waals surface area contributed by atoms with Crippen LogP contribution in [0.2, 0.25) is 0 Å². The van der Waals surface area contributed by atoms with Crippen molar-refractivity contribution in [2.45, 2.75) is 6.18 Å². The Morgan fingerprint density at radius 1 is 1.17 bits per heavy atom. The van der Waals surface area contributed by atoms with Gasteiger partial charge in [0.2, 0.25) is 5.82 Å². The van der Waals surface area contributed by atoms with Gasteiger partial charge in [-0.3, -0.25) is 10.1 Å². The largest absolute Gasteiger partial charge is 0.471 e. The van der Waals surface area contributed by atoms with E-state index in [-0.39, 0.29) is 5.82 Å². The molecular weight excluding hydrogens is 327 g/mol. The highest BCUT2D eigenvalue weighted by molar-refractivity contribution is 5.88. The van der Waals surface area contributed by atoms with Gasteiger partial charge in [-0.1, -0.05) is 5.16 Å². The summed E-state index contributed by atoms with van der Waals surface area (Å²) in [6.07, 6.45) is -0.371. The third-order valence-corrected chi connectivity index (χ3v) is 3.15. The Kier molecular flexibility index (Phi) is 3.01. The molecule has 0 aromatic carbocycles. The maximum absolute atomic E-state index is 12.6. The van der Waals surface area contributed by atoms with E-state index in [0.717, 1.165) is 0 Å². The molecule has 0 aliphatic rings. The molecule has 0 aliphatic heterocycles. The van der Waals surface area contributed by atoms with Crippen LogP contribution in [0.15, 0.2) is 35.4 Å². The van der Waals surface area contributed by atoms with Crippen molar-refractivity contribution in [1.29, 1.82) is 0 Å². The summed E-state index contributed by atoms with van der Waals surface area (Å²) in [5.41, 5.74) is 2.30. The van der Waals surface area contributed by atoms with Crippen molar-refractivity contribution >= 4 is 11.0 Å². The molecule has 0 fully saturated rings. The molecule has 120 valence electrons. The summed E-state index contributed by atoms with van der Waals surface area (Å²) >= 11 is 0. The number of fused-ring (bicyclic) bond motifs is 1. The highest BCUT2D eigenvalue weighted by Gasteiger charge is 2.38. The fourth-order valence-corrected chi connectivity index (χ4v) is 2.10. The number of halogens is 3. The van der Waals surface area contributed by atoms with Gasteiger partial charge in [0.25, 0.3) is 0 Å². The molecule has 4 rings (SSSR count). The molecule has 0 spiro atoms. The number of nitrogens with zero attached hydrogens (tertiary/aromatic N) is 6. The maximum Gasteiger partial charge on any atom is 0.471 e. The summed E-state index contributed by atoms with van der Waals surface area (Å²) in [6, 6.07) is 2.97. The first kappa shape index (κ1) is 14.2. The van der Waals surface area contributed by atoms with Crippen LogP contribution in [0.4, 0.5) is 13.2 Å². The number of aromatic amines is 1. The molecule has 8 nitrogen and oxygen atoms in total. The number of H-pyrrole nitrogens is 1. The second kappa shape index (κ2) is 5.08. The summed E-state index contributed by atoms with van der Waals surface area (Å²) < 4.78 is 41.9. The average molecular weight is 333 g/mol. The van der Waals surface area contributed by atoms with Crippen molar-refractivity contribution in [2.24, 2.45) is 0 Å². The molecule has 4 aromatic heterocycles. The number of aromatic nitrogens is 7. The SMILES string of the molecule is FC(F)(F)c1nc(-c2ccnc(-c3n[nH]c4cncnc34)c2)no1. The molecule has 0 aliphatic carbocycles. The minimum absolute atomic E-state index is 0.194. The Balaban J connectivity index is 1.78. The maximum atomic E-state index is 12.6. The van der Waals surface area contributed by atoms with Crippen molar-refractivity contribution in [1.82, 2.24) is 35.3 Å². The van der Waals surface area contributed by atoms with Gasteiger partial charge in [0.1, 0.15) is 23.1 Å². The van der Waals surface area contributed by atoms with E-state index in [2.05, 4.69) is 39.8 Å². The first-order chi connectivity index (χ1) is 11.5. The van der Waals surface area contributed by atoms with Gasteiger partial charge in [-0.2, -0.15) is 23.3 Å². The lowest BCUT2D eigenvalue weighted by atomic mass is 10.1. The van der Waals surface area contributed by atoms with Crippen LogP contribution in [-0.4, -0.2) is 35.3 Å². The van der Waals surface area contributed by atoms with Crippen LogP contribution < -0.4 is 0 Å². The zero-order valence-corrected chi connectivity index (χ0v) is 11.6. The number of pyridine rings is 1. The van der Waals surface area contributed by atoms with Crippen molar-refractivity contribution in [2.75, 3.05) is 0 Å². The monoisotopic (exact) mass is 333 g/mol. The van der Waals surface area contributed by atoms with Gasteiger partial charge in [-0.25, -0.2) is 9.97 Å². The lowest BCUT2D eigenvalue weighted by Crippen LogP contribution is -2.04. The van der Waals surface area contributed by atoms with Crippen molar-refractivity contribution in [3.05, 3.63) is 36.7 Å². The van der Waals surface area contributed by atoms with Crippen LogP contribution in [-0.2, 0) is 6.18 Å². The molecule has 0 amide bonds. The van der Waals surface area contributed by atoms with Crippen molar-refractivity contribution in [3.8, 4) is 22.8 Å². The molecule has 11 heteroatoms. The molecule has 0 bridgehead atoms. The van der Waals surface area contributed by atoms with E-state index < -0.39 is 12.1 Å². The molecule has 4 aromatic rings. The first-order valence-corrected chi connectivity index (χ1v) is 6.54. The number of nitrogens with one attached hydrogen (secondary N) is 1. The Labute approximate surface area is 130 Å². The zero-order valence-electron chi connectivity index (χ0n) is 11.6. The van der Waals surface area contributed by atoms with Gasteiger partial charge >= 0.3 is 12.1 Å². The number of alkyl halides is 3. The molecule has 24 heavy (non-hydrogen) atoms. The van der Waals surface area contributed by atoms with Gasteiger partial charge in [-0.05, 0) is 12.1 Å². The summed E-state index contributed by atoms with van der Waals surface area (Å²) in [5.74, 6) is -1.60. The van der Waals surface area contributed by atoms with Crippen LogP contribution in [0, 0.1) is 0 Å². The fourth-order valence-electron chi connectivity index (χ4n) is 2.10. The molecule has 1 N–H and O–H groups in total. The molecule has 4 heterocycles. The highest BCUT2D eigenvalue weighted by Crippen LogP contribution is 2.30. The van der Waals surface area contributed by atoms with Gasteiger partial charge in [0, 0.05) is 11.8 Å². The Hall–Kier alpha value is -3.37. The lowest BCUT2D eigenvalue weighted by Gasteiger charge is -1.99. The van der Waals surface area contributed by atoms with Crippen LogP contribution >= 0.6 is 0 Å².